The lowest BCUT2D eigenvalue weighted by Gasteiger charge is -2.24. The second-order valence-electron chi connectivity index (χ2n) is 9.50. The Morgan fingerprint density at radius 1 is 0.941 bits per heavy atom. The number of sulfonamides is 1. The molecular weight excluding hydrogens is 444 g/mol. The van der Waals surface area contributed by atoms with E-state index in [1.54, 1.807) is 36.4 Å². The van der Waals surface area contributed by atoms with Crippen molar-refractivity contribution in [1.82, 2.24) is 5.32 Å². The van der Waals surface area contributed by atoms with Crippen LogP contribution in [0.15, 0.2) is 59.5 Å². The van der Waals surface area contributed by atoms with Crippen LogP contribution in [0.1, 0.15) is 63.6 Å². The number of anilines is 1. The van der Waals surface area contributed by atoms with E-state index in [1.165, 1.54) is 15.4 Å². The maximum atomic E-state index is 13.4. The normalized spacial score (nSPS) is 16.3. The van der Waals surface area contributed by atoms with Crippen LogP contribution in [0.3, 0.4) is 0 Å². The van der Waals surface area contributed by atoms with Gasteiger partial charge in [0.15, 0.2) is 0 Å². The van der Waals surface area contributed by atoms with E-state index in [9.17, 15) is 13.2 Å². The fourth-order valence-electron chi connectivity index (χ4n) is 4.74. The number of hydrogen-bond donors (Lipinski definition) is 1. The summed E-state index contributed by atoms with van der Waals surface area (Å²) < 4.78 is 28.2. The van der Waals surface area contributed by atoms with E-state index >= 15 is 0 Å². The van der Waals surface area contributed by atoms with Gasteiger partial charge >= 0.3 is 0 Å². The zero-order valence-electron chi connectivity index (χ0n) is 20.6. The van der Waals surface area contributed by atoms with Crippen molar-refractivity contribution < 1.29 is 13.2 Å². The molecule has 1 aliphatic heterocycles. The molecule has 1 N–H and O–H groups in total. The van der Waals surface area contributed by atoms with Crippen molar-refractivity contribution in [3.05, 3.63) is 93.5 Å². The highest BCUT2D eigenvalue weighted by molar-refractivity contribution is 7.92. The number of nitrogens with one attached hydrogen (secondary N) is 1. The van der Waals surface area contributed by atoms with Crippen LogP contribution in [0.4, 0.5) is 5.69 Å². The number of fused-ring (bicyclic) bond motifs is 1. The van der Waals surface area contributed by atoms with Crippen molar-refractivity contribution >= 4 is 21.6 Å². The summed E-state index contributed by atoms with van der Waals surface area (Å²) in [7, 11) is -3.69. The first kappa shape index (κ1) is 24.0. The third-order valence-electron chi connectivity index (χ3n) is 6.77. The first-order valence-corrected chi connectivity index (χ1v) is 13.1. The molecule has 1 heterocycles. The highest BCUT2D eigenvalue weighted by Gasteiger charge is 2.36. The Labute approximate surface area is 202 Å². The Bertz CT molecular complexity index is 1360. The zero-order chi connectivity index (χ0) is 24.8. The van der Waals surface area contributed by atoms with Crippen LogP contribution in [0.25, 0.3) is 0 Å². The predicted molar refractivity (Wildman–Crippen MR) is 137 cm³/mol. The van der Waals surface area contributed by atoms with Crippen LogP contribution in [0.2, 0.25) is 0 Å². The van der Waals surface area contributed by atoms with E-state index < -0.39 is 10.0 Å². The summed E-state index contributed by atoms with van der Waals surface area (Å²) in [6.45, 7) is 12.0. The number of carbonyl (C=O) groups excluding carboxylic acids is 1. The van der Waals surface area contributed by atoms with Gasteiger partial charge in [0.1, 0.15) is 0 Å². The van der Waals surface area contributed by atoms with Crippen LogP contribution >= 0.6 is 0 Å². The van der Waals surface area contributed by atoms with E-state index in [0.717, 1.165) is 22.3 Å². The van der Waals surface area contributed by atoms with Gasteiger partial charge in [-0.05, 0) is 106 Å². The summed E-state index contributed by atoms with van der Waals surface area (Å²) in [5.74, 6) is -0.166. The van der Waals surface area contributed by atoms with Gasteiger partial charge in [-0.1, -0.05) is 29.8 Å². The van der Waals surface area contributed by atoms with Crippen molar-refractivity contribution in [2.45, 2.75) is 64.9 Å². The van der Waals surface area contributed by atoms with Gasteiger partial charge in [0.25, 0.3) is 15.9 Å². The Hall–Kier alpha value is -3.12. The summed E-state index contributed by atoms with van der Waals surface area (Å²) >= 11 is 0. The third-order valence-corrected chi connectivity index (χ3v) is 8.71. The molecule has 5 nitrogen and oxygen atoms in total. The lowest BCUT2D eigenvalue weighted by atomic mass is 9.96. The average Bonchev–Trinajstić information content (AvgIpc) is 3.12. The highest BCUT2D eigenvalue weighted by Crippen LogP contribution is 2.37. The van der Waals surface area contributed by atoms with Crippen LogP contribution in [0, 0.1) is 27.7 Å². The molecule has 3 aromatic rings. The molecule has 0 fully saturated rings. The molecule has 0 aliphatic carbocycles. The quantitative estimate of drug-likeness (QED) is 0.525. The lowest BCUT2D eigenvalue weighted by Crippen LogP contribution is -2.35. The van der Waals surface area contributed by atoms with E-state index in [-0.39, 0.29) is 22.9 Å². The SMILES string of the molecule is Cc1ccc(S(=O)(=O)N2c3ccc(C(=O)N[C@@H](C)c4cc(C)c(C)cc4C)cc3C[C@H]2C)cc1. The summed E-state index contributed by atoms with van der Waals surface area (Å²) in [4.78, 5) is 13.3. The van der Waals surface area contributed by atoms with Gasteiger partial charge in [-0.2, -0.15) is 0 Å². The first-order valence-electron chi connectivity index (χ1n) is 11.6. The molecule has 0 unspecified atom stereocenters. The fourth-order valence-corrected chi connectivity index (χ4v) is 6.43. The van der Waals surface area contributed by atoms with Gasteiger partial charge in [-0.15, -0.1) is 0 Å². The lowest BCUT2D eigenvalue weighted by molar-refractivity contribution is 0.0939. The average molecular weight is 477 g/mol. The van der Waals surface area contributed by atoms with Crippen molar-refractivity contribution in [1.29, 1.82) is 0 Å². The van der Waals surface area contributed by atoms with Gasteiger partial charge in [0.2, 0.25) is 0 Å². The monoisotopic (exact) mass is 476 g/mol. The number of aryl methyl sites for hydroxylation is 4. The molecule has 178 valence electrons. The molecule has 1 amide bonds. The second-order valence-corrected chi connectivity index (χ2v) is 11.3. The molecule has 34 heavy (non-hydrogen) atoms. The number of carbonyl (C=O) groups is 1. The Morgan fingerprint density at radius 3 is 2.26 bits per heavy atom. The van der Waals surface area contributed by atoms with Crippen LogP contribution in [-0.4, -0.2) is 20.4 Å². The number of amides is 1. The molecule has 3 aromatic carbocycles. The van der Waals surface area contributed by atoms with Gasteiger partial charge < -0.3 is 5.32 Å². The molecule has 0 saturated carbocycles. The first-order chi connectivity index (χ1) is 16.0. The Kier molecular flexibility index (Phi) is 6.30. The molecule has 6 heteroatoms. The van der Waals surface area contributed by atoms with Crippen LogP contribution < -0.4 is 9.62 Å². The number of benzene rings is 3. The minimum absolute atomic E-state index is 0.141. The minimum atomic E-state index is -3.69. The topological polar surface area (TPSA) is 66.5 Å². The largest absolute Gasteiger partial charge is 0.346 e. The van der Waals surface area contributed by atoms with Crippen molar-refractivity contribution in [2.24, 2.45) is 0 Å². The highest BCUT2D eigenvalue weighted by atomic mass is 32.2. The molecule has 2 atom stereocenters. The van der Waals surface area contributed by atoms with Gasteiger partial charge in [0, 0.05) is 11.6 Å². The van der Waals surface area contributed by atoms with Crippen molar-refractivity contribution in [3.8, 4) is 0 Å². The second kappa shape index (κ2) is 8.91. The molecule has 0 spiro atoms. The smallest absolute Gasteiger partial charge is 0.264 e. The van der Waals surface area contributed by atoms with Crippen molar-refractivity contribution in [3.63, 3.8) is 0 Å². The number of hydrogen-bond acceptors (Lipinski definition) is 3. The predicted octanol–water partition coefficient (Wildman–Crippen LogP) is 5.55. The number of rotatable bonds is 5. The third kappa shape index (κ3) is 4.34. The Balaban J connectivity index is 1.58. The number of nitrogens with zero attached hydrogens (tertiary/aromatic N) is 1. The van der Waals surface area contributed by atoms with E-state index in [4.69, 9.17) is 0 Å². The molecule has 0 radical (unpaired) electrons. The molecule has 0 saturated heterocycles. The molecule has 0 bridgehead atoms. The Morgan fingerprint density at radius 2 is 1.59 bits per heavy atom. The minimum Gasteiger partial charge on any atom is -0.346 e. The van der Waals surface area contributed by atoms with Gasteiger partial charge in [-0.3, -0.25) is 9.10 Å². The molecule has 1 aliphatic rings. The molecule has 0 aromatic heterocycles. The maximum Gasteiger partial charge on any atom is 0.264 e. The summed E-state index contributed by atoms with van der Waals surface area (Å²) in [6, 6.07) is 16.1. The van der Waals surface area contributed by atoms with E-state index in [1.807, 2.05) is 26.8 Å². The summed E-state index contributed by atoms with van der Waals surface area (Å²) in [5.41, 5.74) is 7.73. The van der Waals surface area contributed by atoms with E-state index in [0.29, 0.717) is 17.7 Å². The molecule has 4 rings (SSSR count). The van der Waals surface area contributed by atoms with Crippen molar-refractivity contribution in [2.75, 3.05) is 4.31 Å². The van der Waals surface area contributed by atoms with Crippen LogP contribution in [-0.2, 0) is 16.4 Å². The maximum absolute atomic E-state index is 13.4. The van der Waals surface area contributed by atoms with Crippen LogP contribution in [0.5, 0.6) is 0 Å². The molecular formula is C28H32N2O3S. The fraction of sp³-hybridized carbons (Fsp3) is 0.321. The summed E-state index contributed by atoms with van der Waals surface area (Å²) in [6.07, 6.45) is 0.563. The van der Waals surface area contributed by atoms with Gasteiger partial charge in [-0.25, -0.2) is 8.42 Å². The zero-order valence-corrected chi connectivity index (χ0v) is 21.5. The standard InChI is InChI=1S/C28H32N2O3S/c1-17-7-10-25(11-8-17)34(32,33)30-21(5)15-24-16-23(9-12-27(24)30)28(31)29-22(6)26-14-19(3)18(2)13-20(26)4/h7-14,16,21-22H,15H2,1-6H3,(H,29,31)/t21-,22+/m1/s1. The summed E-state index contributed by atoms with van der Waals surface area (Å²) in [5, 5.41) is 3.10. The van der Waals surface area contributed by atoms with Gasteiger partial charge in [0.05, 0.1) is 16.6 Å². The van der Waals surface area contributed by atoms with E-state index in [2.05, 4.69) is 38.2 Å².